The second-order valence-electron chi connectivity index (χ2n) is 5.70. The zero-order chi connectivity index (χ0) is 18.4. The van der Waals surface area contributed by atoms with Crippen molar-refractivity contribution in [2.45, 2.75) is 13.3 Å². The Labute approximate surface area is 151 Å². The SMILES string of the molecule is CC/C=C/COc1cc2cc(C(=O)Nc3ccccc3)ccc2nc1F. The molecule has 0 aliphatic rings. The number of allylic oxidation sites excluding steroid dienone is 1. The number of anilines is 1. The maximum Gasteiger partial charge on any atom is 0.255 e. The molecule has 26 heavy (non-hydrogen) atoms. The summed E-state index contributed by atoms with van der Waals surface area (Å²) in [4.78, 5) is 16.3. The number of halogens is 1. The minimum absolute atomic E-state index is 0.0684. The highest BCUT2D eigenvalue weighted by Crippen LogP contribution is 2.23. The molecule has 0 atom stereocenters. The molecule has 0 radical (unpaired) electrons. The van der Waals surface area contributed by atoms with Crippen molar-refractivity contribution in [1.82, 2.24) is 4.98 Å². The summed E-state index contributed by atoms with van der Waals surface area (Å²) in [6.45, 7) is 2.28. The highest BCUT2D eigenvalue weighted by Gasteiger charge is 2.11. The number of carbonyl (C=O) groups is 1. The van der Waals surface area contributed by atoms with Gasteiger partial charge in [-0.1, -0.05) is 37.3 Å². The molecule has 0 saturated carbocycles. The summed E-state index contributed by atoms with van der Waals surface area (Å²) in [5, 5.41) is 3.46. The van der Waals surface area contributed by atoms with E-state index in [-0.39, 0.29) is 18.3 Å². The monoisotopic (exact) mass is 350 g/mol. The van der Waals surface area contributed by atoms with Gasteiger partial charge in [0.05, 0.1) is 5.52 Å². The summed E-state index contributed by atoms with van der Waals surface area (Å²) in [5.41, 5.74) is 1.64. The van der Waals surface area contributed by atoms with E-state index in [1.807, 2.05) is 49.4 Å². The van der Waals surface area contributed by atoms with Crippen molar-refractivity contribution in [3.05, 3.63) is 78.3 Å². The lowest BCUT2D eigenvalue weighted by Crippen LogP contribution is -2.11. The molecule has 0 spiro atoms. The molecule has 2 aromatic carbocycles. The molecule has 0 aliphatic heterocycles. The van der Waals surface area contributed by atoms with Gasteiger partial charge in [-0.25, -0.2) is 4.98 Å². The van der Waals surface area contributed by atoms with Crippen molar-refractivity contribution in [3.63, 3.8) is 0 Å². The molecule has 1 aromatic heterocycles. The Bertz CT molecular complexity index is 939. The van der Waals surface area contributed by atoms with Crippen molar-refractivity contribution >= 4 is 22.5 Å². The van der Waals surface area contributed by atoms with Gasteiger partial charge in [-0.05, 0) is 42.8 Å². The third-order valence-electron chi connectivity index (χ3n) is 3.77. The lowest BCUT2D eigenvalue weighted by atomic mass is 10.1. The number of rotatable bonds is 6. The second-order valence-corrected chi connectivity index (χ2v) is 5.70. The summed E-state index contributed by atoms with van der Waals surface area (Å²) in [6, 6.07) is 15.7. The fraction of sp³-hybridized carbons (Fsp3) is 0.143. The van der Waals surface area contributed by atoms with Gasteiger partial charge < -0.3 is 10.1 Å². The summed E-state index contributed by atoms with van der Waals surface area (Å²) in [6.07, 6.45) is 4.66. The molecule has 0 bridgehead atoms. The van der Waals surface area contributed by atoms with Crippen molar-refractivity contribution < 1.29 is 13.9 Å². The van der Waals surface area contributed by atoms with Crippen LogP contribution < -0.4 is 10.1 Å². The number of aromatic nitrogens is 1. The van der Waals surface area contributed by atoms with Crippen LogP contribution in [0, 0.1) is 5.95 Å². The number of para-hydroxylation sites is 1. The number of nitrogens with one attached hydrogen (secondary N) is 1. The first kappa shape index (κ1) is 17.6. The molecule has 0 aliphatic carbocycles. The molecular formula is C21H19FN2O2. The highest BCUT2D eigenvalue weighted by molar-refractivity contribution is 6.06. The number of ether oxygens (including phenoxy) is 1. The Balaban J connectivity index is 1.83. The van der Waals surface area contributed by atoms with E-state index in [2.05, 4.69) is 10.3 Å². The predicted octanol–water partition coefficient (Wildman–Crippen LogP) is 4.97. The zero-order valence-corrected chi connectivity index (χ0v) is 14.4. The smallest absolute Gasteiger partial charge is 0.255 e. The number of benzene rings is 2. The van der Waals surface area contributed by atoms with E-state index in [0.717, 1.165) is 6.42 Å². The highest BCUT2D eigenvalue weighted by atomic mass is 19.1. The Morgan fingerprint density at radius 3 is 2.73 bits per heavy atom. The van der Waals surface area contributed by atoms with Crippen LogP contribution in [0.4, 0.5) is 10.1 Å². The molecule has 0 saturated heterocycles. The number of amides is 1. The van der Waals surface area contributed by atoms with Crippen molar-refractivity contribution in [2.24, 2.45) is 0 Å². The molecule has 0 unspecified atom stereocenters. The standard InChI is InChI=1S/C21H19FN2O2/c1-2-3-7-12-26-19-14-16-13-15(10-11-18(16)24-20(19)22)21(25)23-17-8-5-4-6-9-17/h3-11,13-14H,2,12H2,1H3,(H,23,25)/b7-3+. The molecule has 1 amide bonds. The van der Waals surface area contributed by atoms with Crippen molar-refractivity contribution in [2.75, 3.05) is 11.9 Å². The molecule has 5 heteroatoms. The van der Waals surface area contributed by atoms with Gasteiger partial charge in [0.1, 0.15) is 6.61 Å². The maximum absolute atomic E-state index is 14.0. The fourth-order valence-electron chi connectivity index (χ4n) is 2.47. The van der Waals surface area contributed by atoms with Crippen molar-refractivity contribution in [1.29, 1.82) is 0 Å². The van der Waals surface area contributed by atoms with Crippen LogP contribution in [-0.2, 0) is 0 Å². The second kappa shape index (κ2) is 8.25. The summed E-state index contributed by atoms with van der Waals surface area (Å²) in [7, 11) is 0. The average Bonchev–Trinajstić information content (AvgIpc) is 2.66. The average molecular weight is 350 g/mol. The van der Waals surface area contributed by atoms with Gasteiger partial charge in [-0.3, -0.25) is 4.79 Å². The van der Waals surface area contributed by atoms with E-state index in [0.29, 0.717) is 22.2 Å². The topological polar surface area (TPSA) is 51.2 Å². The minimum atomic E-state index is -0.663. The number of pyridine rings is 1. The first-order chi connectivity index (χ1) is 12.7. The summed E-state index contributed by atoms with van der Waals surface area (Å²) < 4.78 is 19.5. The number of hydrogen-bond acceptors (Lipinski definition) is 3. The van der Waals surface area contributed by atoms with Gasteiger partial charge in [-0.15, -0.1) is 0 Å². The van der Waals surface area contributed by atoms with E-state index in [1.165, 1.54) is 0 Å². The lowest BCUT2D eigenvalue weighted by Gasteiger charge is -2.08. The van der Waals surface area contributed by atoms with Gasteiger partial charge >= 0.3 is 0 Å². The summed E-state index contributed by atoms with van der Waals surface area (Å²) >= 11 is 0. The quantitative estimate of drug-likeness (QED) is 0.504. The third-order valence-corrected chi connectivity index (χ3v) is 3.77. The summed E-state index contributed by atoms with van der Waals surface area (Å²) in [5.74, 6) is -0.835. The zero-order valence-electron chi connectivity index (χ0n) is 14.4. The normalized spacial score (nSPS) is 11.0. The van der Waals surface area contributed by atoms with Crippen LogP contribution in [0.25, 0.3) is 10.9 Å². The molecular weight excluding hydrogens is 331 g/mol. The molecule has 1 N–H and O–H groups in total. The fourth-order valence-corrected chi connectivity index (χ4v) is 2.47. The van der Waals surface area contributed by atoms with E-state index in [4.69, 9.17) is 4.74 Å². The molecule has 3 rings (SSSR count). The van der Waals surface area contributed by atoms with Crippen LogP contribution in [0.1, 0.15) is 23.7 Å². The number of carbonyl (C=O) groups excluding carboxylic acids is 1. The van der Waals surface area contributed by atoms with Crippen molar-refractivity contribution in [3.8, 4) is 5.75 Å². The van der Waals surface area contributed by atoms with Crippen LogP contribution in [0.3, 0.4) is 0 Å². The Hall–Kier alpha value is -3.21. The molecule has 0 fully saturated rings. The lowest BCUT2D eigenvalue weighted by molar-refractivity contribution is 0.102. The van der Waals surface area contributed by atoms with Crippen LogP contribution in [0.2, 0.25) is 0 Å². The first-order valence-electron chi connectivity index (χ1n) is 8.42. The molecule has 1 heterocycles. The van der Waals surface area contributed by atoms with E-state index in [1.54, 1.807) is 24.3 Å². The molecule has 132 valence electrons. The number of fused-ring (bicyclic) bond motifs is 1. The number of nitrogens with zero attached hydrogens (tertiary/aromatic N) is 1. The van der Waals surface area contributed by atoms with E-state index in [9.17, 15) is 9.18 Å². The third kappa shape index (κ3) is 4.25. The number of hydrogen-bond donors (Lipinski definition) is 1. The van der Waals surface area contributed by atoms with E-state index >= 15 is 0 Å². The minimum Gasteiger partial charge on any atom is -0.485 e. The van der Waals surface area contributed by atoms with Gasteiger partial charge in [0.25, 0.3) is 11.9 Å². The maximum atomic E-state index is 14.0. The van der Waals surface area contributed by atoms with Gasteiger partial charge in [0, 0.05) is 16.6 Å². The van der Waals surface area contributed by atoms with Crippen LogP contribution in [0.15, 0.2) is 66.7 Å². The molecule has 4 nitrogen and oxygen atoms in total. The predicted molar refractivity (Wildman–Crippen MR) is 101 cm³/mol. The van der Waals surface area contributed by atoms with E-state index < -0.39 is 5.95 Å². The van der Waals surface area contributed by atoms with Crippen LogP contribution in [-0.4, -0.2) is 17.5 Å². The first-order valence-corrected chi connectivity index (χ1v) is 8.42. The van der Waals surface area contributed by atoms with Gasteiger partial charge in [-0.2, -0.15) is 4.39 Å². The Morgan fingerprint density at radius 1 is 1.15 bits per heavy atom. The van der Waals surface area contributed by atoms with Crippen LogP contribution >= 0.6 is 0 Å². The van der Waals surface area contributed by atoms with Gasteiger partial charge in [0.15, 0.2) is 5.75 Å². The molecule has 3 aromatic rings. The van der Waals surface area contributed by atoms with Gasteiger partial charge in [0.2, 0.25) is 0 Å². The Morgan fingerprint density at radius 2 is 1.96 bits per heavy atom. The van der Waals surface area contributed by atoms with Crippen LogP contribution in [0.5, 0.6) is 5.75 Å². The Kier molecular flexibility index (Phi) is 5.59. The largest absolute Gasteiger partial charge is 0.485 e.